The molecular weight excluding hydrogens is 320 g/mol. The Morgan fingerprint density at radius 2 is 1.92 bits per heavy atom. The zero-order chi connectivity index (χ0) is 18.7. The van der Waals surface area contributed by atoms with E-state index in [1.807, 2.05) is 12.2 Å². The van der Waals surface area contributed by atoms with E-state index in [1.165, 1.54) is 0 Å². The number of carbonyl (C=O) groups is 1. The fraction of sp³-hybridized carbons (Fsp3) is 0.750. The fourth-order valence-corrected chi connectivity index (χ4v) is 5.12. The second kappa shape index (κ2) is 6.02. The van der Waals surface area contributed by atoms with Crippen LogP contribution >= 0.6 is 0 Å². The van der Waals surface area contributed by atoms with Gasteiger partial charge in [0, 0.05) is 0 Å². The minimum Gasteiger partial charge on any atom is -0.392 e. The van der Waals surface area contributed by atoms with Crippen molar-refractivity contribution in [1.29, 1.82) is 0 Å². The van der Waals surface area contributed by atoms with E-state index in [9.17, 15) is 25.2 Å². The molecule has 140 valence electrons. The maximum Gasteiger partial charge on any atom is 0.190 e. The Labute approximate surface area is 149 Å². The molecule has 3 aliphatic carbocycles. The fourth-order valence-electron chi connectivity index (χ4n) is 5.12. The quantitative estimate of drug-likeness (QED) is 0.533. The SMILES string of the molecule is CC1=C[C@@H]2[C@H](CC=C(CO)[C@H](O)[C@H]3[C@@H](O)[C@@H](C)C[C@]3(O)C1=O)C2(C)C. The highest BCUT2D eigenvalue weighted by molar-refractivity contribution is 6.02. The largest absolute Gasteiger partial charge is 0.392 e. The Balaban J connectivity index is 2.10. The molecule has 5 heteroatoms. The molecule has 5 nitrogen and oxygen atoms in total. The van der Waals surface area contributed by atoms with Gasteiger partial charge in [-0.1, -0.05) is 32.9 Å². The molecular formula is C20H30O5. The second-order valence-electron chi connectivity index (χ2n) is 8.87. The van der Waals surface area contributed by atoms with E-state index in [0.717, 1.165) is 0 Å². The lowest BCUT2D eigenvalue weighted by atomic mass is 9.77. The van der Waals surface area contributed by atoms with Crippen LogP contribution in [0.3, 0.4) is 0 Å². The van der Waals surface area contributed by atoms with Crippen LogP contribution < -0.4 is 0 Å². The summed E-state index contributed by atoms with van der Waals surface area (Å²) in [7, 11) is 0. The third-order valence-electron chi connectivity index (χ3n) is 6.99. The predicted molar refractivity (Wildman–Crippen MR) is 93.5 cm³/mol. The molecule has 2 saturated carbocycles. The highest BCUT2D eigenvalue weighted by Gasteiger charge is 2.60. The number of carbonyl (C=O) groups excluding carboxylic acids is 1. The van der Waals surface area contributed by atoms with Gasteiger partial charge in [-0.25, -0.2) is 0 Å². The third kappa shape index (κ3) is 2.72. The van der Waals surface area contributed by atoms with Crippen LogP contribution in [0.4, 0.5) is 0 Å². The van der Waals surface area contributed by atoms with Gasteiger partial charge < -0.3 is 20.4 Å². The number of ketones is 1. The lowest BCUT2D eigenvalue weighted by Crippen LogP contribution is -2.51. The summed E-state index contributed by atoms with van der Waals surface area (Å²) in [5, 5.41) is 42.3. The summed E-state index contributed by atoms with van der Waals surface area (Å²) in [6.45, 7) is 7.41. The molecule has 25 heavy (non-hydrogen) atoms. The van der Waals surface area contributed by atoms with Crippen molar-refractivity contribution in [2.45, 2.75) is 58.3 Å². The second-order valence-corrected chi connectivity index (χ2v) is 8.87. The maximum atomic E-state index is 13.1. The van der Waals surface area contributed by atoms with Gasteiger partial charge >= 0.3 is 0 Å². The van der Waals surface area contributed by atoms with Crippen LogP contribution in [0.1, 0.15) is 40.5 Å². The third-order valence-corrected chi connectivity index (χ3v) is 6.99. The van der Waals surface area contributed by atoms with Gasteiger partial charge in [0.25, 0.3) is 0 Å². The first-order chi connectivity index (χ1) is 11.6. The molecule has 0 bridgehead atoms. The molecule has 2 fully saturated rings. The van der Waals surface area contributed by atoms with Gasteiger partial charge in [-0.05, 0) is 54.1 Å². The molecule has 0 aromatic carbocycles. The van der Waals surface area contributed by atoms with Crippen LogP contribution in [0.25, 0.3) is 0 Å². The van der Waals surface area contributed by atoms with Crippen molar-refractivity contribution in [2.75, 3.05) is 6.61 Å². The van der Waals surface area contributed by atoms with E-state index in [1.54, 1.807) is 13.8 Å². The Morgan fingerprint density at radius 1 is 1.28 bits per heavy atom. The van der Waals surface area contributed by atoms with E-state index in [4.69, 9.17) is 0 Å². The zero-order valence-corrected chi connectivity index (χ0v) is 15.4. The van der Waals surface area contributed by atoms with Crippen LogP contribution in [0, 0.1) is 29.1 Å². The van der Waals surface area contributed by atoms with Crippen molar-refractivity contribution in [1.82, 2.24) is 0 Å². The van der Waals surface area contributed by atoms with Crippen molar-refractivity contribution < 1.29 is 25.2 Å². The Morgan fingerprint density at radius 3 is 2.52 bits per heavy atom. The first kappa shape index (κ1) is 18.8. The number of hydrogen-bond acceptors (Lipinski definition) is 5. The summed E-state index contributed by atoms with van der Waals surface area (Å²) in [5.74, 6) is -1.19. The highest BCUT2D eigenvalue weighted by Crippen LogP contribution is 2.61. The normalized spacial score (nSPS) is 46.5. The van der Waals surface area contributed by atoms with E-state index < -0.39 is 29.5 Å². The van der Waals surface area contributed by atoms with Gasteiger partial charge in [0.15, 0.2) is 5.78 Å². The average molecular weight is 350 g/mol. The number of Topliss-reactive ketones (excluding diaryl/α,β-unsaturated/α-hetero) is 1. The lowest BCUT2D eigenvalue weighted by Gasteiger charge is -2.34. The zero-order valence-electron chi connectivity index (χ0n) is 15.4. The Bertz CT molecular complexity index is 634. The summed E-state index contributed by atoms with van der Waals surface area (Å²) < 4.78 is 0. The molecule has 0 spiro atoms. The number of hydrogen-bond donors (Lipinski definition) is 4. The number of aliphatic hydroxyl groups is 4. The Hall–Kier alpha value is -1.01. The van der Waals surface area contributed by atoms with Gasteiger partial charge in [0.05, 0.1) is 24.7 Å². The molecule has 4 N–H and O–H groups in total. The summed E-state index contributed by atoms with van der Waals surface area (Å²) in [5.41, 5.74) is -0.890. The van der Waals surface area contributed by atoms with Gasteiger partial charge in [-0.3, -0.25) is 4.79 Å². The van der Waals surface area contributed by atoms with Crippen molar-refractivity contribution in [3.05, 3.63) is 23.3 Å². The van der Waals surface area contributed by atoms with Gasteiger partial charge in [0.2, 0.25) is 0 Å². The first-order valence-electron chi connectivity index (χ1n) is 9.17. The smallest absolute Gasteiger partial charge is 0.190 e. The van der Waals surface area contributed by atoms with Crippen LogP contribution in [0.15, 0.2) is 23.3 Å². The van der Waals surface area contributed by atoms with E-state index in [2.05, 4.69) is 13.8 Å². The van der Waals surface area contributed by atoms with E-state index >= 15 is 0 Å². The standard InChI is InChI=1S/C20H30O5/c1-10-7-14-13(19(14,3)4)6-5-12(9-21)17(23)15-16(22)11(2)8-20(15,25)18(10)24/h5,7,11,13-17,21-23,25H,6,8-9H2,1-4H3/t11-,13-,14+,15+,16-,17-,20+/m0/s1. The molecule has 0 heterocycles. The van der Waals surface area contributed by atoms with Gasteiger partial charge in [-0.2, -0.15) is 0 Å². The summed E-state index contributed by atoms with van der Waals surface area (Å²) in [4.78, 5) is 13.1. The Kier molecular flexibility index (Phi) is 4.52. The topological polar surface area (TPSA) is 98.0 Å². The molecule has 0 amide bonds. The van der Waals surface area contributed by atoms with Crippen LogP contribution in [-0.2, 0) is 4.79 Å². The molecule has 0 radical (unpaired) electrons. The molecule has 3 aliphatic rings. The molecule has 0 unspecified atom stereocenters. The molecule has 3 rings (SSSR count). The van der Waals surface area contributed by atoms with Gasteiger partial charge in [-0.15, -0.1) is 0 Å². The molecule has 7 atom stereocenters. The number of rotatable bonds is 1. The average Bonchev–Trinajstić information content (AvgIpc) is 2.94. The van der Waals surface area contributed by atoms with Crippen molar-refractivity contribution in [3.63, 3.8) is 0 Å². The minimum atomic E-state index is -1.81. The number of fused-ring (bicyclic) bond motifs is 2. The van der Waals surface area contributed by atoms with Crippen LogP contribution in [-0.4, -0.2) is 50.6 Å². The first-order valence-corrected chi connectivity index (χ1v) is 9.17. The van der Waals surface area contributed by atoms with Crippen molar-refractivity contribution in [3.8, 4) is 0 Å². The van der Waals surface area contributed by atoms with Crippen LogP contribution in [0.2, 0.25) is 0 Å². The van der Waals surface area contributed by atoms with Crippen molar-refractivity contribution >= 4 is 5.78 Å². The monoisotopic (exact) mass is 350 g/mol. The van der Waals surface area contributed by atoms with E-state index in [0.29, 0.717) is 23.5 Å². The molecule has 0 aliphatic heterocycles. The maximum absolute atomic E-state index is 13.1. The highest BCUT2D eigenvalue weighted by atomic mass is 16.3. The van der Waals surface area contributed by atoms with E-state index in [-0.39, 0.29) is 30.3 Å². The van der Waals surface area contributed by atoms with Crippen molar-refractivity contribution in [2.24, 2.45) is 29.1 Å². The van der Waals surface area contributed by atoms with Crippen LogP contribution in [0.5, 0.6) is 0 Å². The minimum absolute atomic E-state index is 0.0489. The summed E-state index contributed by atoms with van der Waals surface area (Å²) >= 11 is 0. The lowest BCUT2D eigenvalue weighted by molar-refractivity contribution is -0.144. The summed E-state index contributed by atoms with van der Waals surface area (Å²) in [6.07, 6.45) is 2.33. The molecule has 0 aromatic heterocycles. The molecule has 0 aromatic rings. The number of aliphatic hydroxyl groups excluding tert-OH is 3. The molecule has 0 saturated heterocycles. The summed E-state index contributed by atoms with van der Waals surface area (Å²) in [6, 6.07) is 0. The number of allylic oxidation sites excluding steroid dienone is 2. The van der Waals surface area contributed by atoms with Gasteiger partial charge in [0.1, 0.15) is 5.60 Å². The predicted octanol–water partition coefficient (Wildman–Crippen LogP) is 1.21.